The number of carbonyl (C=O) groups excluding carboxylic acids is 1. The smallest absolute Gasteiger partial charge is 0.193 e. The summed E-state index contributed by atoms with van der Waals surface area (Å²) in [5, 5.41) is 0. The molecule has 1 fully saturated rings. The molecule has 3 rings (SSSR count). The van der Waals surface area contributed by atoms with E-state index in [1.54, 1.807) is 0 Å². The van der Waals surface area contributed by atoms with Crippen LogP contribution in [0.5, 0.6) is 0 Å². The van der Waals surface area contributed by atoms with Crippen LogP contribution < -0.4 is 0 Å². The molecular weight excluding hydrogens is 224 g/mol. The molecule has 1 saturated heterocycles. The molecule has 0 aromatic heterocycles. The molecule has 2 aromatic rings. The van der Waals surface area contributed by atoms with E-state index in [1.165, 1.54) is 0 Å². The molecule has 18 heavy (non-hydrogen) atoms. The monoisotopic (exact) mass is 238 g/mol. The van der Waals surface area contributed by atoms with E-state index in [1.807, 2.05) is 61.5 Å². The molecular formula is C16H14O2. The number of hydrogen-bond acceptors (Lipinski definition) is 2. The summed E-state index contributed by atoms with van der Waals surface area (Å²) < 4.78 is 5.48. The average Bonchev–Trinajstić information content (AvgIpc) is 3.16. The van der Waals surface area contributed by atoms with Crippen molar-refractivity contribution in [2.75, 3.05) is 0 Å². The van der Waals surface area contributed by atoms with E-state index in [2.05, 4.69) is 0 Å². The van der Waals surface area contributed by atoms with Crippen LogP contribution in [0, 0.1) is 0 Å². The second-order valence-electron chi connectivity index (χ2n) is 4.54. The van der Waals surface area contributed by atoms with Gasteiger partial charge in [-0.2, -0.15) is 0 Å². The summed E-state index contributed by atoms with van der Waals surface area (Å²) in [4.78, 5) is 12.5. The number of benzene rings is 2. The molecule has 90 valence electrons. The van der Waals surface area contributed by atoms with Crippen molar-refractivity contribution < 1.29 is 9.53 Å². The molecule has 0 N–H and O–H groups in total. The SMILES string of the molecule is CC1OC1c1ccccc1C(=O)c1ccccc1. The van der Waals surface area contributed by atoms with Gasteiger partial charge < -0.3 is 4.74 Å². The van der Waals surface area contributed by atoms with E-state index in [4.69, 9.17) is 4.74 Å². The summed E-state index contributed by atoms with van der Waals surface area (Å²) in [6.45, 7) is 2.02. The van der Waals surface area contributed by atoms with E-state index >= 15 is 0 Å². The molecule has 0 aliphatic carbocycles. The predicted octanol–water partition coefficient (Wildman–Crippen LogP) is 3.38. The Kier molecular flexibility index (Phi) is 2.73. The maximum Gasteiger partial charge on any atom is 0.193 e. The zero-order valence-electron chi connectivity index (χ0n) is 10.2. The molecule has 1 aliphatic heterocycles. The number of rotatable bonds is 3. The molecule has 0 radical (unpaired) electrons. The summed E-state index contributed by atoms with van der Waals surface area (Å²) >= 11 is 0. The molecule has 0 saturated carbocycles. The number of ketones is 1. The lowest BCUT2D eigenvalue weighted by molar-refractivity contribution is 0.103. The summed E-state index contributed by atoms with van der Waals surface area (Å²) in [7, 11) is 0. The van der Waals surface area contributed by atoms with Crippen molar-refractivity contribution >= 4 is 5.78 Å². The van der Waals surface area contributed by atoms with Gasteiger partial charge in [0.15, 0.2) is 5.78 Å². The third-order valence-electron chi connectivity index (χ3n) is 3.26. The average molecular weight is 238 g/mol. The molecule has 1 aliphatic rings. The van der Waals surface area contributed by atoms with Crippen LogP contribution in [0.2, 0.25) is 0 Å². The van der Waals surface area contributed by atoms with Crippen LogP contribution in [0.1, 0.15) is 34.5 Å². The van der Waals surface area contributed by atoms with E-state index in [0.717, 1.165) is 16.7 Å². The maximum atomic E-state index is 12.5. The van der Waals surface area contributed by atoms with Gasteiger partial charge >= 0.3 is 0 Å². The first-order valence-electron chi connectivity index (χ1n) is 6.11. The first-order valence-corrected chi connectivity index (χ1v) is 6.11. The maximum absolute atomic E-state index is 12.5. The van der Waals surface area contributed by atoms with Gasteiger partial charge in [0.2, 0.25) is 0 Å². The van der Waals surface area contributed by atoms with Crippen LogP contribution in [-0.2, 0) is 4.74 Å². The molecule has 2 aromatic carbocycles. The molecule has 0 amide bonds. The fourth-order valence-corrected chi connectivity index (χ4v) is 2.21. The normalized spacial score (nSPS) is 21.6. The summed E-state index contributed by atoms with van der Waals surface area (Å²) in [6, 6.07) is 17.1. The Morgan fingerprint density at radius 1 is 1.00 bits per heavy atom. The van der Waals surface area contributed by atoms with Gasteiger partial charge in [0.05, 0.1) is 6.10 Å². The van der Waals surface area contributed by atoms with Gasteiger partial charge in [-0.05, 0) is 12.5 Å². The molecule has 0 bridgehead atoms. The number of epoxide rings is 1. The molecule has 2 nitrogen and oxygen atoms in total. The Hall–Kier alpha value is -1.93. The lowest BCUT2D eigenvalue weighted by Crippen LogP contribution is -2.05. The molecule has 0 spiro atoms. The fraction of sp³-hybridized carbons (Fsp3) is 0.188. The number of hydrogen-bond donors (Lipinski definition) is 0. The highest BCUT2D eigenvalue weighted by Crippen LogP contribution is 2.40. The van der Waals surface area contributed by atoms with Crippen LogP contribution in [-0.4, -0.2) is 11.9 Å². The highest BCUT2D eigenvalue weighted by Gasteiger charge is 2.38. The first kappa shape index (κ1) is 11.2. The van der Waals surface area contributed by atoms with Gasteiger partial charge in [0.1, 0.15) is 6.10 Å². The van der Waals surface area contributed by atoms with Crippen molar-refractivity contribution in [3.63, 3.8) is 0 Å². The molecule has 1 heterocycles. The van der Waals surface area contributed by atoms with E-state index in [9.17, 15) is 4.79 Å². The van der Waals surface area contributed by atoms with Crippen molar-refractivity contribution in [2.24, 2.45) is 0 Å². The van der Waals surface area contributed by atoms with Crippen LogP contribution in [0.15, 0.2) is 54.6 Å². The lowest BCUT2D eigenvalue weighted by Gasteiger charge is -2.06. The second-order valence-corrected chi connectivity index (χ2v) is 4.54. The van der Waals surface area contributed by atoms with Crippen molar-refractivity contribution in [3.8, 4) is 0 Å². The number of carbonyl (C=O) groups is 1. The Morgan fingerprint density at radius 3 is 2.28 bits per heavy atom. The third-order valence-corrected chi connectivity index (χ3v) is 3.26. The Bertz CT molecular complexity index is 575. The van der Waals surface area contributed by atoms with Gasteiger partial charge in [0, 0.05) is 11.1 Å². The second kappa shape index (κ2) is 4.39. The van der Waals surface area contributed by atoms with Crippen LogP contribution >= 0.6 is 0 Å². The topological polar surface area (TPSA) is 29.6 Å². The predicted molar refractivity (Wildman–Crippen MR) is 69.6 cm³/mol. The minimum atomic E-state index is 0.0638. The van der Waals surface area contributed by atoms with E-state index in [0.29, 0.717) is 0 Å². The van der Waals surface area contributed by atoms with Crippen molar-refractivity contribution in [2.45, 2.75) is 19.1 Å². The summed E-state index contributed by atoms with van der Waals surface area (Å²) in [6.07, 6.45) is 0.295. The lowest BCUT2D eigenvalue weighted by atomic mass is 9.96. The van der Waals surface area contributed by atoms with E-state index in [-0.39, 0.29) is 18.0 Å². The van der Waals surface area contributed by atoms with Gasteiger partial charge in [-0.1, -0.05) is 54.6 Å². The zero-order valence-corrected chi connectivity index (χ0v) is 10.2. The Labute approximate surface area is 106 Å². The van der Waals surface area contributed by atoms with Crippen LogP contribution in [0.4, 0.5) is 0 Å². The minimum Gasteiger partial charge on any atom is -0.365 e. The Balaban J connectivity index is 2.00. The molecule has 2 heteroatoms. The number of ether oxygens (including phenoxy) is 1. The largest absolute Gasteiger partial charge is 0.365 e. The van der Waals surface area contributed by atoms with Crippen molar-refractivity contribution in [3.05, 3.63) is 71.3 Å². The molecule has 2 unspecified atom stereocenters. The minimum absolute atomic E-state index is 0.0638. The highest BCUT2D eigenvalue weighted by molar-refractivity contribution is 6.10. The van der Waals surface area contributed by atoms with Crippen LogP contribution in [0.3, 0.4) is 0 Å². The van der Waals surface area contributed by atoms with Crippen molar-refractivity contribution in [1.82, 2.24) is 0 Å². The van der Waals surface area contributed by atoms with Gasteiger partial charge in [-0.25, -0.2) is 0 Å². The zero-order chi connectivity index (χ0) is 12.5. The van der Waals surface area contributed by atoms with E-state index < -0.39 is 0 Å². The third kappa shape index (κ3) is 1.95. The summed E-state index contributed by atoms with van der Waals surface area (Å²) in [5.41, 5.74) is 2.47. The standard InChI is InChI=1S/C16H14O2/c1-11-16(18-11)14-10-6-5-9-13(14)15(17)12-7-3-2-4-8-12/h2-11,16H,1H3. The Morgan fingerprint density at radius 2 is 1.61 bits per heavy atom. The van der Waals surface area contributed by atoms with Crippen LogP contribution in [0.25, 0.3) is 0 Å². The molecule has 2 atom stereocenters. The first-order chi connectivity index (χ1) is 8.77. The van der Waals surface area contributed by atoms with Gasteiger partial charge in [-0.15, -0.1) is 0 Å². The van der Waals surface area contributed by atoms with Crippen molar-refractivity contribution in [1.29, 1.82) is 0 Å². The highest BCUT2D eigenvalue weighted by atomic mass is 16.6. The van der Waals surface area contributed by atoms with Gasteiger partial charge in [0.25, 0.3) is 0 Å². The van der Waals surface area contributed by atoms with Gasteiger partial charge in [-0.3, -0.25) is 4.79 Å². The quantitative estimate of drug-likeness (QED) is 0.606. The fourth-order valence-electron chi connectivity index (χ4n) is 2.21. The summed E-state index contributed by atoms with van der Waals surface area (Å²) in [5.74, 6) is 0.0638.